The first-order chi connectivity index (χ1) is 12.1. The van der Waals surface area contributed by atoms with Crippen molar-refractivity contribution in [1.29, 1.82) is 0 Å². The van der Waals surface area contributed by atoms with Crippen molar-refractivity contribution in [1.82, 2.24) is 19.4 Å². The van der Waals surface area contributed by atoms with Gasteiger partial charge in [0.15, 0.2) is 0 Å². The molecular formula is C19H23N5O. The molecule has 0 aliphatic carbocycles. The van der Waals surface area contributed by atoms with Gasteiger partial charge in [0.25, 0.3) is 0 Å². The summed E-state index contributed by atoms with van der Waals surface area (Å²) in [6.07, 6.45) is 5.81. The van der Waals surface area contributed by atoms with Crippen LogP contribution in [0.15, 0.2) is 49.1 Å². The zero-order valence-corrected chi connectivity index (χ0v) is 14.6. The van der Waals surface area contributed by atoms with Gasteiger partial charge in [0, 0.05) is 48.8 Å². The number of hydrogen-bond acceptors (Lipinski definition) is 4. The maximum Gasteiger partial charge on any atom is 0.219 e. The Morgan fingerprint density at radius 2 is 2.12 bits per heavy atom. The Balaban J connectivity index is 1.84. The molecule has 2 heterocycles. The maximum absolute atomic E-state index is 11.1. The minimum atomic E-state index is -0.283. The van der Waals surface area contributed by atoms with Crippen LogP contribution in [0.4, 0.5) is 0 Å². The van der Waals surface area contributed by atoms with Crippen molar-refractivity contribution in [2.75, 3.05) is 7.05 Å². The molecule has 0 radical (unpaired) electrons. The molecular weight excluding hydrogens is 314 g/mol. The summed E-state index contributed by atoms with van der Waals surface area (Å²) in [6.45, 7) is 3.52. The van der Waals surface area contributed by atoms with Gasteiger partial charge >= 0.3 is 0 Å². The summed E-state index contributed by atoms with van der Waals surface area (Å²) in [4.78, 5) is 21.7. The van der Waals surface area contributed by atoms with Gasteiger partial charge in [-0.25, -0.2) is 9.97 Å². The number of benzene rings is 1. The summed E-state index contributed by atoms with van der Waals surface area (Å²) in [7, 11) is 2.09. The van der Waals surface area contributed by atoms with Gasteiger partial charge in [-0.2, -0.15) is 0 Å². The third-order valence-corrected chi connectivity index (χ3v) is 4.58. The average Bonchev–Trinajstić information content (AvgIpc) is 2.98. The van der Waals surface area contributed by atoms with E-state index in [2.05, 4.69) is 51.7 Å². The molecule has 2 N–H and O–H groups in total. The van der Waals surface area contributed by atoms with E-state index in [9.17, 15) is 4.79 Å². The van der Waals surface area contributed by atoms with E-state index < -0.39 is 0 Å². The van der Waals surface area contributed by atoms with Crippen LogP contribution in [-0.4, -0.2) is 32.4 Å². The lowest BCUT2D eigenvalue weighted by Crippen LogP contribution is -2.22. The van der Waals surface area contributed by atoms with E-state index in [0.29, 0.717) is 13.0 Å². The second-order valence-electron chi connectivity index (χ2n) is 6.31. The molecule has 6 nitrogen and oxygen atoms in total. The summed E-state index contributed by atoms with van der Waals surface area (Å²) >= 11 is 0. The van der Waals surface area contributed by atoms with Crippen molar-refractivity contribution in [3.8, 4) is 0 Å². The Bertz CT molecular complexity index is 859. The number of rotatable bonds is 7. The highest BCUT2D eigenvalue weighted by molar-refractivity contribution is 5.84. The van der Waals surface area contributed by atoms with E-state index in [0.717, 1.165) is 17.8 Å². The van der Waals surface area contributed by atoms with Gasteiger partial charge in [0.05, 0.1) is 5.69 Å². The monoisotopic (exact) mass is 337 g/mol. The van der Waals surface area contributed by atoms with Crippen LogP contribution < -0.4 is 5.73 Å². The van der Waals surface area contributed by atoms with Gasteiger partial charge in [0.2, 0.25) is 5.91 Å². The largest absolute Gasteiger partial charge is 0.370 e. The van der Waals surface area contributed by atoms with Crippen LogP contribution in [0.25, 0.3) is 10.9 Å². The lowest BCUT2D eigenvalue weighted by atomic mass is 10.1. The SMILES string of the molecule is CC(c1ccncn1)N(C)Cc1cn(CCC(N)=O)c2ccccc12. The Morgan fingerprint density at radius 1 is 1.32 bits per heavy atom. The minimum Gasteiger partial charge on any atom is -0.370 e. The molecule has 0 fully saturated rings. The number of nitrogens with two attached hydrogens (primary N) is 1. The van der Waals surface area contributed by atoms with Crippen molar-refractivity contribution in [2.24, 2.45) is 5.73 Å². The molecule has 1 aromatic carbocycles. The van der Waals surface area contributed by atoms with Crippen LogP contribution in [0, 0.1) is 0 Å². The van der Waals surface area contributed by atoms with Crippen molar-refractivity contribution >= 4 is 16.8 Å². The van der Waals surface area contributed by atoms with Gasteiger partial charge in [-0.05, 0) is 31.7 Å². The molecule has 3 aromatic rings. The zero-order valence-electron chi connectivity index (χ0n) is 14.6. The van der Waals surface area contributed by atoms with E-state index in [1.165, 1.54) is 10.9 Å². The Kier molecular flexibility index (Phi) is 5.09. The van der Waals surface area contributed by atoms with E-state index in [4.69, 9.17) is 5.73 Å². The minimum absolute atomic E-state index is 0.177. The number of amides is 1. The highest BCUT2D eigenvalue weighted by Crippen LogP contribution is 2.25. The first-order valence-corrected chi connectivity index (χ1v) is 8.37. The van der Waals surface area contributed by atoms with E-state index in [-0.39, 0.29) is 11.9 Å². The van der Waals surface area contributed by atoms with E-state index >= 15 is 0 Å². The van der Waals surface area contributed by atoms with Crippen LogP contribution >= 0.6 is 0 Å². The number of carbonyl (C=O) groups is 1. The third-order valence-electron chi connectivity index (χ3n) is 4.58. The fourth-order valence-corrected chi connectivity index (χ4v) is 3.04. The van der Waals surface area contributed by atoms with Crippen LogP contribution in [0.1, 0.15) is 30.6 Å². The highest BCUT2D eigenvalue weighted by atomic mass is 16.1. The summed E-state index contributed by atoms with van der Waals surface area (Å²) < 4.78 is 2.11. The Morgan fingerprint density at radius 3 is 2.84 bits per heavy atom. The molecule has 130 valence electrons. The molecule has 0 saturated carbocycles. The fourth-order valence-electron chi connectivity index (χ4n) is 3.04. The topological polar surface area (TPSA) is 77.0 Å². The smallest absolute Gasteiger partial charge is 0.219 e. The molecule has 0 saturated heterocycles. The number of fused-ring (bicyclic) bond motifs is 1. The van der Waals surface area contributed by atoms with Gasteiger partial charge in [-0.15, -0.1) is 0 Å². The van der Waals surface area contributed by atoms with E-state index in [1.807, 2.05) is 18.2 Å². The van der Waals surface area contributed by atoms with Crippen molar-refractivity contribution < 1.29 is 4.79 Å². The normalized spacial score (nSPS) is 12.6. The van der Waals surface area contributed by atoms with Crippen LogP contribution in [-0.2, 0) is 17.9 Å². The molecule has 1 atom stereocenters. The maximum atomic E-state index is 11.1. The summed E-state index contributed by atoms with van der Waals surface area (Å²) in [5.41, 5.74) is 8.65. The quantitative estimate of drug-likeness (QED) is 0.718. The molecule has 6 heteroatoms. The predicted molar refractivity (Wildman–Crippen MR) is 97.7 cm³/mol. The van der Waals surface area contributed by atoms with Gasteiger partial charge in [0.1, 0.15) is 6.33 Å². The molecule has 0 spiro atoms. The number of aromatic nitrogens is 3. The number of hydrogen-bond donors (Lipinski definition) is 1. The lowest BCUT2D eigenvalue weighted by Gasteiger charge is -2.23. The molecule has 25 heavy (non-hydrogen) atoms. The second-order valence-corrected chi connectivity index (χ2v) is 6.31. The summed E-state index contributed by atoms with van der Waals surface area (Å²) in [6, 6.07) is 10.4. The van der Waals surface area contributed by atoms with E-state index in [1.54, 1.807) is 12.5 Å². The number of carbonyl (C=O) groups excluding carboxylic acids is 1. The van der Waals surface area contributed by atoms with Crippen LogP contribution in [0.5, 0.6) is 0 Å². The summed E-state index contributed by atoms with van der Waals surface area (Å²) in [5, 5.41) is 1.20. The number of nitrogens with zero attached hydrogens (tertiary/aromatic N) is 4. The highest BCUT2D eigenvalue weighted by Gasteiger charge is 2.16. The summed E-state index contributed by atoms with van der Waals surface area (Å²) in [5.74, 6) is -0.283. The Labute approximate surface area is 147 Å². The Hall–Kier alpha value is -2.73. The molecule has 1 amide bonds. The molecule has 0 bridgehead atoms. The molecule has 3 rings (SSSR count). The number of primary amides is 1. The average molecular weight is 337 g/mol. The second kappa shape index (κ2) is 7.44. The van der Waals surface area contributed by atoms with Crippen molar-refractivity contribution in [3.05, 3.63) is 60.3 Å². The van der Waals surface area contributed by atoms with Crippen molar-refractivity contribution in [2.45, 2.75) is 32.5 Å². The molecule has 2 aromatic heterocycles. The van der Waals surface area contributed by atoms with Gasteiger partial charge < -0.3 is 10.3 Å². The van der Waals surface area contributed by atoms with Crippen LogP contribution in [0.2, 0.25) is 0 Å². The van der Waals surface area contributed by atoms with Gasteiger partial charge in [-0.3, -0.25) is 9.69 Å². The first-order valence-electron chi connectivity index (χ1n) is 8.37. The zero-order chi connectivity index (χ0) is 17.8. The fraction of sp³-hybridized carbons (Fsp3) is 0.316. The number of para-hydroxylation sites is 1. The molecule has 0 aliphatic rings. The van der Waals surface area contributed by atoms with Gasteiger partial charge in [-0.1, -0.05) is 18.2 Å². The lowest BCUT2D eigenvalue weighted by molar-refractivity contribution is -0.118. The van der Waals surface area contributed by atoms with Crippen molar-refractivity contribution in [3.63, 3.8) is 0 Å². The molecule has 0 aliphatic heterocycles. The van der Waals surface area contributed by atoms with Crippen LogP contribution in [0.3, 0.4) is 0 Å². The molecule has 1 unspecified atom stereocenters. The third kappa shape index (κ3) is 3.85. The predicted octanol–water partition coefficient (Wildman–Crippen LogP) is 2.50. The standard InChI is InChI=1S/C19H23N5O/c1-14(17-7-9-21-13-22-17)23(2)11-15-12-24(10-8-19(20)25)18-6-4-3-5-16(15)18/h3-7,9,12-14H,8,10-11H2,1-2H3,(H2,20,25). The first kappa shape index (κ1) is 17.1. The number of aryl methyl sites for hydroxylation is 1.